The number of halogens is 2. The van der Waals surface area contributed by atoms with Crippen LogP contribution in [-0.4, -0.2) is 68.6 Å². The molecule has 6 nitrogen and oxygen atoms in total. The van der Waals surface area contributed by atoms with Gasteiger partial charge in [-0.2, -0.15) is 11.8 Å². The third kappa shape index (κ3) is 5.45. The van der Waals surface area contributed by atoms with Gasteiger partial charge in [0.25, 0.3) is 6.43 Å². The second-order valence-corrected chi connectivity index (χ2v) is 7.72. The van der Waals surface area contributed by atoms with Gasteiger partial charge in [-0.3, -0.25) is 5.41 Å². The molecule has 0 aliphatic carbocycles. The number of rotatable bonds is 8. The maximum atomic E-state index is 12.4. The molecule has 0 bridgehead atoms. The van der Waals surface area contributed by atoms with Gasteiger partial charge in [-0.25, -0.2) is 23.7 Å². The van der Waals surface area contributed by atoms with Crippen molar-refractivity contribution in [1.29, 1.82) is 5.41 Å². The number of nitrogens with one attached hydrogen (secondary N) is 2. The summed E-state index contributed by atoms with van der Waals surface area (Å²) in [5.74, 6) is 1.92. The average Bonchev–Trinajstić information content (AvgIpc) is 3.20. The first kappa shape index (κ1) is 20.6. The molecule has 2 N–H and O–H groups in total. The molecule has 3 rings (SSSR count). The Morgan fingerprint density at radius 1 is 1.43 bits per heavy atom. The van der Waals surface area contributed by atoms with Crippen molar-refractivity contribution >= 4 is 23.5 Å². The Kier molecular flexibility index (Phi) is 7.27. The number of piperidine rings is 1. The predicted molar refractivity (Wildman–Crippen MR) is 109 cm³/mol. The topological polar surface area (TPSA) is 81.5 Å². The minimum Gasteiger partial charge on any atom is -0.337 e. The number of likely N-dealkylation sites (tertiary alicyclic amines) is 1. The molecule has 0 saturated carbocycles. The summed E-state index contributed by atoms with van der Waals surface area (Å²) in [6, 6.07) is 1.98. The zero-order valence-corrected chi connectivity index (χ0v) is 16.6. The lowest BCUT2D eigenvalue weighted by atomic mass is 9.94. The van der Waals surface area contributed by atoms with E-state index >= 15 is 0 Å². The minimum atomic E-state index is -2.79. The first-order valence-electron chi connectivity index (χ1n) is 9.20. The molecule has 0 radical (unpaired) electrons. The predicted octanol–water partition coefficient (Wildman–Crippen LogP) is 3.71. The Hall–Kier alpha value is -2.13. The normalized spacial score (nSPS) is 18.2. The van der Waals surface area contributed by atoms with Crippen LogP contribution >= 0.6 is 11.8 Å². The van der Waals surface area contributed by atoms with Crippen LogP contribution in [0.2, 0.25) is 0 Å². The van der Waals surface area contributed by atoms with Crippen molar-refractivity contribution in [1.82, 2.24) is 24.8 Å². The lowest BCUT2D eigenvalue weighted by molar-refractivity contribution is 0.217. The summed E-state index contributed by atoms with van der Waals surface area (Å²) in [6.07, 6.45) is 7.20. The van der Waals surface area contributed by atoms with E-state index in [0.29, 0.717) is 17.4 Å². The number of allylic oxidation sites excluding steroid dienone is 1. The standard InChI is InChI=1S/C19H24F2N6S/c1-28-8-7-27-6-2-3-13(11-27)15-9-16(25-12-24-15)17-10-23-18(26-17)5-4-14(22)19(20)21/h4-5,9-10,12-13,19,22H,2-3,6-8,11H2,1H3,(H,23,26)/b5-4-,22-14?. The zero-order valence-electron chi connectivity index (χ0n) is 15.7. The maximum absolute atomic E-state index is 12.4. The van der Waals surface area contributed by atoms with E-state index in [1.807, 2.05) is 17.8 Å². The fraction of sp³-hybridized carbons (Fsp3) is 0.474. The molecule has 2 aromatic rings. The number of hydrogen-bond donors (Lipinski definition) is 2. The van der Waals surface area contributed by atoms with E-state index in [0.717, 1.165) is 55.7 Å². The summed E-state index contributed by atoms with van der Waals surface area (Å²) in [5, 5.41) is 7.16. The van der Waals surface area contributed by atoms with Crippen LogP contribution in [0.1, 0.15) is 30.3 Å². The molecule has 1 aliphatic rings. The van der Waals surface area contributed by atoms with Crippen molar-refractivity contribution < 1.29 is 8.78 Å². The van der Waals surface area contributed by atoms with E-state index in [1.54, 1.807) is 12.5 Å². The Labute approximate surface area is 167 Å². The van der Waals surface area contributed by atoms with Crippen molar-refractivity contribution in [2.75, 3.05) is 31.6 Å². The van der Waals surface area contributed by atoms with E-state index in [9.17, 15) is 8.78 Å². The van der Waals surface area contributed by atoms with Gasteiger partial charge >= 0.3 is 0 Å². The van der Waals surface area contributed by atoms with Crippen LogP contribution in [0.3, 0.4) is 0 Å². The fourth-order valence-electron chi connectivity index (χ4n) is 3.26. The minimum absolute atomic E-state index is 0.381. The van der Waals surface area contributed by atoms with Gasteiger partial charge in [0.2, 0.25) is 0 Å². The molecule has 0 aromatic carbocycles. The summed E-state index contributed by atoms with van der Waals surface area (Å²) < 4.78 is 24.8. The van der Waals surface area contributed by atoms with Gasteiger partial charge in [0.05, 0.1) is 23.3 Å². The Balaban J connectivity index is 1.70. The van der Waals surface area contributed by atoms with Gasteiger partial charge in [0.1, 0.15) is 12.2 Å². The quantitative estimate of drug-likeness (QED) is 0.653. The van der Waals surface area contributed by atoms with Crippen LogP contribution in [0.4, 0.5) is 8.78 Å². The highest BCUT2D eigenvalue weighted by Crippen LogP contribution is 2.27. The van der Waals surface area contributed by atoms with Crippen molar-refractivity contribution in [3.05, 3.63) is 36.2 Å². The molecule has 1 unspecified atom stereocenters. The van der Waals surface area contributed by atoms with Gasteiger partial charge in [-0.1, -0.05) is 0 Å². The smallest absolute Gasteiger partial charge is 0.279 e. The van der Waals surface area contributed by atoms with Crippen molar-refractivity contribution in [2.24, 2.45) is 0 Å². The number of aromatic amines is 1. The van der Waals surface area contributed by atoms with Crippen LogP contribution in [0.5, 0.6) is 0 Å². The number of nitrogens with zero attached hydrogens (tertiary/aromatic N) is 4. The zero-order chi connectivity index (χ0) is 19.9. The number of alkyl halides is 2. The van der Waals surface area contributed by atoms with E-state index in [1.165, 1.54) is 6.08 Å². The molecule has 0 amide bonds. The SMILES string of the molecule is CSCCN1CCCC(c2cc(-c3cnc(/C=C\C(=N)C(F)F)[nH]3)ncn2)C1. The highest BCUT2D eigenvalue weighted by atomic mass is 32.2. The summed E-state index contributed by atoms with van der Waals surface area (Å²) in [4.78, 5) is 18.5. The van der Waals surface area contributed by atoms with Crippen LogP contribution in [-0.2, 0) is 0 Å². The third-order valence-electron chi connectivity index (χ3n) is 4.75. The Morgan fingerprint density at radius 3 is 3.07 bits per heavy atom. The van der Waals surface area contributed by atoms with E-state index in [2.05, 4.69) is 31.1 Å². The molecular formula is C19H24F2N6S. The molecule has 9 heteroatoms. The number of aromatic nitrogens is 4. The van der Waals surface area contributed by atoms with E-state index in [-0.39, 0.29) is 0 Å². The van der Waals surface area contributed by atoms with Crippen LogP contribution < -0.4 is 0 Å². The first-order chi connectivity index (χ1) is 13.6. The van der Waals surface area contributed by atoms with Gasteiger partial charge in [-0.15, -0.1) is 0 Å². The lowest BCUT2D eigenvalue weighted by Gasteiger charge is -2.32. The van der Waals surface area contributed by atoms with Crippen molar-refractivity contribution in [3.8, 4) is 11.4 Å². The molecule has 1 fully saturated rings. The number of hydrogen-bond acceptors (Lipinski definition) is 6. The number of H-pyrrole nitrogens is 1. The Morgan fingerprint density at radius 2 is 2.29 bits per heavy atom. The van der Waals surface area contributed by atoms with Crippen LogP contribution in [0.25, 0.3) is 17.5 Å². The molecule has 1 atom stereocenters. The highest BCUT2D eigenvalue weighted by molar-refractivity contribution is 7.98. The molecule has 1 saturated heterocycles. The fourth-order valence-corrected chi connectivity index (χ4v) is 3.70. The Bertz CT molecular complexity index is 822. The highest BCUT2D eigenvalue weighted by Gasteiger charge is 2.22. The second-order valence-electron chi connectivity index (χ2n) is 6.73. The largest absolute Gasteiger partial charge is 0.337 e. The molecule has 0 spiro atoms. The van der Waals surface area contributed by atoms with Crippen molar-refractivity contribution in [2.45, 2.75) is 25.2 Å². The third-order valence-corrected chi connectivity index (χ3v) is 5.34. The molecule has 1 aliphatic heterocycles. The average molecular weight is 407 g/mol. The molecule has 2 aromatic heterocycles. The monoisotopic (exact) mass is 406 g/mol. The molecule has 28 heavy (non-hydrogen) atoms. The molecular weight excluding hydrogens is 382 g/mol. The van der Waals surface area contributed by atoms with Gasteiger partial charge in [0.15, 0.2) is 0 Å². The number of imidazole rings is 1. The molecule has 3 heterocycles. The van der Waals surface area contributed by atoms with Crippen molar-refractivity contribution in [3.63, 3.8) is 0 Å². The lowest BCUT2D eigenvalue weighted by Crippen LogP contribution is -2.36. The van der Waals surface area contributed by atoms with Crippen LogP contribution in [0.15, 0.2) is 24.7 Å². The van der Waals surface area contributed by atoms with E-state index in [4.69, 9.17) is 5.41 Å². The van der Waals surface area contributed by atoms with Gasteiger partial charge < -0.3 is 9.88 Å². The number of thioether (sulfide) groups is 1. The van der Waals surface area contributed by atoms with Gasteiger partial charge in [0, 0.05) is 30.5 Å². The second kappa shape index (κ2) is 9.88. The van der Waals surface area contributed by atoms with E-state index < -0.39 is 12.1 Å². The summed E-state index contributed by atoms with van der Waals surface area (Å²) >= 11 is 1.86. The first-order valence-corrected chi connectivity index (χ1v) is 10.6. The van der Waals surface area contributed by atoms with Crippen LogP contribution in [0, 0.1) is 5.41 Å². The summed E-state index contributed by atoms with van der Waals surface area (Å²) in [5.41, 5.74) is 1.69. The molecule has 150 valence electrons. The summed E-state index contributed by atoms with van der Waals surface area (Å²) in [7, 11) is 0. The van der Waals surface area contributed by atoms with Gasteiger partial charge in [-0.05, 0) is 43.9 Å². The summed E-state index contributed by atoms with van der Waals surface area (Å²) in [6.45, 7) is 3.24. The maximum Gasteiger partial charge on any atom is 0.279 e.